The lowest BCUT2D eigenvalue weighted by atomic mass is 10.4. The van der Waals surface area contributed by atoms with E-state index in [1.165, 1.54) is 5.69 Å². The van der Waals surface area contributed by atoms with Crippen LogP contribution >= 0.6 is 0 Å². The Morgan fingerprint density at radius 3 is 2.33 bits per heavy atom. The van der Waals surface area contributed by atoms with Crippen LogP contribution in [0.25, 0.3) is 0 Å². The van der Waals surface area contributed by atoms with Gasteiger partial charge in [0.15, 0.2) is 18.9 Å². The van der Waals surface area contributed by atoms with E-state index in [1.807, 2.05) is 48.1 Å². The second-order valence-corrected chi connectivity index (χ2v) is 2.91. The Balaban J connectivity index is 2.71. The largest absolute Gasteiger partial charge is 0.390 e. The van der Waals surface area contributed by atoms with E-state index in [4.69, 9.17) is 5.11 Å². The Morgan fingerprint density at radius 2 is 1.92 bits per heavy atom. The van der Waals surface area contributed by atoms with Crippen molar-refractivity contribution < 1.29 is 9.67 Å². The zero-order valence-electron chi connectivity index (χ0n) is 7.57. The smallest absolute Gasteiger partial charge is 0.171 e. The maximum absolute atomic E-state index is 8.67. The molecule has 66 valence electrons. The quantitative estimate of drug-likeness (QED) is 0.643. The van der Waals surface area contributed by atoms with Crippen LogP contribution in [0.2, 0.25) is 0 Å². The molecule has 1 aromatic rings. The summed E-state index contributed by atoms with van der Waals surface area (Å²) in [6.07, 6.45) is 3.93. The van der Waals surface area contributed by atoms with Crippen molar-refractivity contribution in [2.75, 3.05) is 25.6 Å². The van der Waals surface area contributed by atoms with Crippen LogP contribution in [0.3, 0.4) is 0 Å². The van der Waals surface area contributed by atoms with Gasteiger partial charge in [-0.2, -0.15) is 0 Å². The minimum Gasteiger partial charge on any atom is -0.390 e. The minimum atomic E-state index is 0.186. The number of aliphatic hydroxyl groups is 1. The molecular weight excluding hydrogens is 152 g/mol. The van der Waals surface area contributed by atoms with Gasteiger partial charge in [-0.1, -0.05) is 0 Å². The molecule has 3 heteroatoms. The third kappa shape index (κ3) is 2.20. The summed E-state index contributed by atoms with van der Waals surface area (Å²) in [6, 6.07) is 4.05. The number of hydrogen-bond donors (Lipinski definition) is 1. The fraction of sp³-hybridized carbons (Fsp3) is 0.444. The minimum absolute atomic E-state index is 0.186. The number of anilines is 1. The Labute approximate surface area is 72.9 Å². The van der Waals surface area contributed by atoms with Gasteiger partial charge in [0, 0.05) is 31.9 Å². The molecule has 0 aliphatic heterocycles. The van der Waals surface area contributed by atoms with E-state index in [1.54, 1.807) is 0 Å². The topological polar surface area (TPSA) is 27.4 Å². The van der Waals surface area contributed by atoms with Crippen molar-refractivity contribution >= 4 is 5.69 Å². The monoisotopic (exact) mass is 167 g/mol. The molecule has 0 saturated carbocycles. The lowest BCUT2D eigenvalue weighted by molar-refractivity contribution is -0.698. The summed E-state index contributed by atoms with van der Waals surface area (Å²) >= 11 is 0. The van der Waals surface area contributed by atoms with Crippen molar-refractivity contribution in [2.24, 2.45) is 0 Å². The maximum Gasteiger partial charge on any atom is 0.171 e. The van der Waals surface area contributed by atoms with Gasteiger partial charge >= 0.3 is 0 Å². The van der Waals surface area contributed by atoms with Crippen LogP contribution in [0.15, 0.2) is 24.5 Å². The summed E-state index contributed by atoms with van der Waals surface area (Å²) in [4.78, 5) is 2.04. The molecule has 12 heavy (non-hydrogen) atoms. The molecule has 0 unspecified atom stereocenters. The van der Waals surface area contributed by atoms with Gasteiger partial charge in [-0.3, -0.25) is 0 Å². The highest BCUT2D eigenvalue weighted by Gasteiger charge is 1.99. The summed E-state index contributed by atoms with van der Waals surface area (Å²) < 4.78 is 1.95. The molecule has 3 nitrogen and oxygen atoms in total. The zero-order valence-corrected chi connectivity index (χ0v) is 7.57. The highest BCUT2D eigenvalue weighted by molar-refractivity contribution is 5.41. The third-order valence-electron chi connectivity index (χ3n) is 1.75. The summed E-state index contributed by atoms with van der Waals surface area (Å²) in [5, 5.41) is 8.67. The SMILES string of the molecule is CN(C)c1cc[n+](CCO)cc1. The van der Waals surface area contributed by atoms with E-state index in [2.05, 4.69) is 0 Å². The molecule has 1 rings (SSSR count). The van der Waals surface area contributed by atoms with Crippen LogP contribution in [0, 0.1) is 0 Å². The van der Waals surface area contributed by atoms with E-state index in [9.17, 15) is 0 Å². The van der Waals surface area contributed by atoms with Gasteiger partial charge < -0.3 is 10.0 Å². The number of aromatic nitrogens is 1. The molecule has 1 N–H and O–H groups in total. The van der Waals surface area contributed by atoms with Crippen molar-refractivity contribution in [1.82, 2.24) is 0 Å². The lowest BCUT2D eigenvalue weighted by Gasteiger charge is -2.10. The molecule has 0 bridgehead atoms. The summed E-state index contributed by atoms with van der Waals surface area (Å²) in [5.74, 6) is 0. The van der Waals surface area contributed by atoms with E-state index in [0.29, 0.717) is 6.54 Å². The van der Waals surface area contributed by atoms with E-state index < -0.39 is 0 Å². The van der Waals surface area contributed by atoms with Gasteiger partial charge in [0.25, 0.3) is 0 Å². The van der Waals surface area contributed by atoms with Crippen molar-refractivity contribution in [1.29, 1.82) is 0 Å². The first-order chi connectivity index (χ1) is 5.74. The fourth-order valence-electron chi connectivity index (χ4n) is 1.01. The van der Waals surface area contributed by atoms with Gasteiger partial charge in [0.2, 0.25) is 0 Å². The molecule has 0 saturated heterocycles. The highest BCUT2D eigenvalue weighted by atomic mass is 16.3. The van der Waals surface area contributed by atoms with Crippen molar-refractivity contribution in [3.8, 4) is 0 Å². The number of aliphatic hydroxyl groups excluding tert-OH is 1. The fourth-order valence-corrected chi connectivity index (χ4v) is 1.01. The van der Waals surface area contributed by atoms with Gasteiger partial charge in [0.1, 0.15) is 6.61 Å². The molecule has 0 fully saturated rings. The Hall–Kier alpha value is -1.09. The van der Waals surface area contributed by atoms with E-state index in [0.717, 1.165) is 0 Å². The van der Waals surface area contributed by atoms with Crippen molar-refractivity contribution in [3.05, 3.63) is 24.5 Å². The first-order valence-electron chi connectivity index (χ1n) is 4.01. The van der Waals surface area contributed by atoms with Gasteiger partial charge in [-0.15, -0.1) is 0 Å². The molecule has 0 atom stereocenters. The second kappa shape index (κ2) is 4.07. The average Bonchev–Trinajstić information content (AvgIpc) is 2.06. The van der Waals surface area contributed by atoms with Crippen molar-refractivity contribution in [2.45, 2.75) is 6.54 Å². The van der Waals surface area contributed by atoms with E-state index in [-0.39, 0.29) is 6.61 Å². The van der Waals surface area contributed by atoms with Crippen LogP contribution in [0.1, 0.15) is 0 Å². The molecule has 1 heterocycles. The Morgan fingerprint density at radius 1 is 1.33 bits per heavy atom. The maximum atomic E-state index is 8.67. The standard InChI is InChI=1S/C9H15N2O/c1-10(2)9-3-5-11(6-4-9)7-8-12/h3-6,12H,7-8H2,1-2H3/q+1. The van der Waals surface area contributed by atoms with Crippen LogP contribution in [-0.4, -0.2) is 25.8 Å². The van der Waals surface area contributed by atoms with Gasteiger partial charge in [0.05, 0.1) is 0 Å². The molecule has 1 aromatic heterocycles. The number of nitrogens with zero attached hydrogens (tertiary/aromatic N) is 2. The molecular formula is C9H15N2O+. The number of rotatable bonds is 3. The molecule has 0 aliphatic rings. The lowest BCUT2D eigenvalue weighted by Crippen LogP contribution is -2.34. The third-order valence-corrected chi connectivity index (χ3v) is 1.75. The molecule has 0 spiro atoms. The summed E-state index contributed by atoms with van der Waals surface area (Å²) in [6.45, 7) is 0.847. The summed E-state index contributed by atoms with van der Waals surface area (Å²) in [5.41, 5.74) is 1.17. The van der Waals surface area contributed by atoms with E-state index >= 15 is 0 Å². The first kappa shape index (κ1) is 9.00. The van der Waals surface area contributed by atoms with Gasteiger partial charge in [-0.25, -0.2) is 4.57 Å². The molecule has 0 radical (unpaired) electrons. The van der Waals surface area contributed by atoms with Gasteiger partial charge in [-0.05, 0) is 0 Å². The number of pyridine rings is 1. The van der Waals surface area contributed by atoms with Crippen molar-refractivity contribution in [3.63, 3.8) is 0 Å². The molecule has 0 amide bonds. The Bertz CT molecular complexity index is 231. The van der Waals surface area contributed by atoms with Crippen LogP contribution in [-0.2, 0) is 6.54 Å². The average molecular weight is 167 g/mol. The predicted octanol–water partition coefficient (Wildman–Crippen LogP) is 0.0324. The normalized spacial score (nSPS) is 9.92. The predicted molar refractivity (Wildman–Crippen MR) is 48.0 cm³/mol. The number of hydrogen-bond acceptors (Lipinski definition) is 2. The molecule has 0 aliphatic carbocycles. The van der Waals surface area contributed by atoms with Crippen LogP contribution < -0.4 is 9.47 Å². The van der Waals surface area contributed by atoms with Crippen LogP contribution in [0.4, 0.5) is 5.69 Å². The molecule has 0 aromatic carbocycles. The van der Waals surface area contributed by atoms with Crippen LogP contribution in [0.5, 0.6) is 0 Å². The highest BCUT2D eigenvalue weighted by Crippen LogP contribution is 2.05. The first-order valence-corrected chi connectivity index (χ1v) is 4.01. The second-order valence-electron chi connectivity index (χ2n) is 2.91. The zero-order chi connectivity index (χ0) is 8.97. The summed E-state index contributed by atoms with van der Waals surface area (Å²) in [7, 11) is 4.01. The Kier molecular flexibility index (Phi) is 3.05.